The Bertz CT molecular complexity index is 2180. The third-order valence-electron chi connectivity index (χ3n) is 10.7. The van der Waals surface area contributed by atoms with E-state index in [-0.39, 0.29) is 211 Å². The molecule has 386 valence electrons. The average Bonchev–Trinajstić information content (AvgIpc) is 3.25. The maximum absolute atomic E-state index is 11.7. The van der Waals surface area contributed by atoms with Crippen LogP contribution in [0.3, 0.4) is 0 Å². The summed E-state index contributed by atoms with van der Waals surface area (Å²) in [5.74, 6) is -0.320. The Hall–Kier alpha value is -1.25. The number of carbonyl (C=O) groups is 4. The second-order valence-corrected chi connectivity index (χ2v) is 17.8. The molecule has 0 aliphatic heterocycles. The summed E-state index contributed by atoms with van der Waals surface area (Å²) in [6.45, 7) is 6.71. The molecule has 0 spiro atoms. The first kappa shape index (κ1) is 66.8. The number of hydrogen-bond donors (Lipinski definition) is 10. The Morgan fingerprint density at radius 3 is 1.50 bits per heavy atom. The third kappa shape index (κ3) is 27.3. The summed E-state index contributed by atoms with van der Waals surface area (Å²) in [6, 6.07) is 0.240. The number of amides is 3. The molecule has 9 unspecified atom stereocenters. The molecule has 3 fully saturated rings. The van der Waals surface area contributed by atoms with Gasteiger partial charge in [0.15, 0.2) is 0 Å². The largest absolute Gasteiger partial charge is 1.00 e. The number of primary amides is 3. The SMILES string of the molecule is C.CC1CCC(N)CC1O.CC1CCC(Nc2nc(Cl)ncc2C(N)=O)CC1O.Cl.NC(=O)c1cnc(Cl)nc1Cl.O=CO[O-].[2H]C([2H])([2H])C(C)(C)Nc1ncc(C(N)=O)c(NC2CCC(C)C(O)C2)n1.[H-].[K+].[K+]. The van der Waals surface area contributed by atoms with Gasteiger partial charge in [-0.05, 0) is 119 Å². The van der Waals surface area contributed by atoms with Crippen molar-refractivity contribution in [3.05, 3.63) is 51.0 Å². The van der Waals surface area contributed by atoms with Crippen LogP contribution in [0.25, 0.3) is 0 Å². The van der Waals surface area contributed by atoms with E-state index in [1.54, 1.807) is 0 Å². The number of aromatic nitrogens is 6. The molecule has 0 aromatic carbocycles. The summed E-state index contributed by atoms with van der Waals surface area (Å²) in [5, 5.41) is 46.7. The zero-order valence-electron chi connectivity index (χ0n) is 43.7. The summed E-state index contributed by atoms with van der Waals surface area (Å²) in [6.07, 6.45) is 10.5. The Balaban J connectivity index is -0.000000449. The van der Waals surface area contributed by atoms with Crippen molar-refractivity contribution in [3.8, 4) is 0 Å². The number of aliphatic hydroxyl groups excluding tert-OH is 3. The van der Waals surface area contributed by atoms with Gasteiger partial charge in [0, 0.05) is 46.4 Å². The average molecular weight is 1120 g/mol. The monoisotopic (exact) mass is 1120 g/mol. The van der Waals surface area contributed by atoms with Gasteiger partial charge < -0.3 is 65.8 Å². The van der Waals surface area contributed by atoms with E-state index in [9.17, 15) is 29.7 Å². The Morgan fingerprint density at radius 2 is 1.13 bits per heavy atom. The molecule has 3 saturated carbocycles. The van der Waals surface area contributed by atoms with Crippen molar-refractivity contribution in [1.82, 2.24) is 29.9 Å². The van der Waals surface area contributed by atoms with Gasteiger partial charge in [-0.2, -0.15) is 9.97 Å². The van der Waals surface area contributed by atoms with Crippen LogP contribution in [0.4, 0.5) is 17.6 Å². The number of nitrogens with one attached hydrogen (secondary N) is 3. The molecule has 3 aliphatic carbocycles. The molecule has 14 N–H and O–H groups in total. The zero-order valence-corrected chi connectivity index (χ0v) is 49.0. The van der Waals surface area contributed by atoms with Crippen molar-refractivity contribution in [1.29, 1.82) is 0 Å². The number of rotatable bonds is 9. The predicted octanol–water partition coefficient (Wildman–Crippen LogP) is -2.07. The van der Waals surface area contributed by atoms with Crippen LogP contribution >= 0.6 is 47.2 Å². The molecule has 3 heterocycles. The van der Waals surface area contributed by atoms with Crippen molar-refractivity contribution < 1.29 is 153 Å². The Labute approximate surface area is 521 Å². The molecule has 6 rings (SSSR count). The molecule has 0 bridgehead atoms. The number of carbonyl (C=O) groups excluding carboxylic acids is 4. The van der Waals surface area contributed by atoms with Crippen molar-refractivity contribution in [2.75, 3.05) is 16.0 Å². The number of anilines is 3. The first-order chi connectivity index (χ1) is 32.1. The first-order valence-corrected chi connectivity index (χ1v) is 22.0. The maximum atomic E-state index is 11.7. The minimum Gasteiger partial charge on any atom is -1.00 e. The van der Waals surface area contributed by atoms with E-state index >= 15 is 0 Å². The van der Waals surface area contributed by atoms with Crippen molar-refractivity contribution >= 4 is 89.0 Å². The van der Waals surface area contributed by atoms with Crippen LogP contribution in [0.15, 0.2) is 18.6 Å². The van der Waals surface area contributed by atoms with E-state index in [2.05, 4.69) is 57.7 Å². The molecular weight excluding hydrogens is 1050 g/mol. The van der Waals surface area contributed by atoms with Crippen LogP contribution in [0, 0.1) is 17.8 Å². The molecule has 3 aromatic heterocycles. The Kier molecular flexibility index (Phi) is 35.0. The van der Waals surface area contributed by atoms with Crippen LogP contribution in [-0.4, -0.2) is 111 Å². The molecule has 3 amide bonds. The van der Waals surface area contributed by atoms with E-state index in [4.69, 9.17) is 71.9 Å². The molecule has 3 aromatic rings. The van der Waals surface area contributed by atoms with Crippen molar-refractivity contribution in [2.24, 2.45) is 40.7 Å². The summed E-state index contributed by atoms with van der Waals surface area (Å²) in [4.78, 5) is 67.8. The van der Waals surface area contributed by atoms with Crippen LogP contribution in [-0.2, 0) is 9.68 Å². The molecule has 0 saturated heterocycles. The van der Waals surface area contributed by atoms with Gasteiger partial charge in [-0.3, -0.25) is 19.2 Å². The van der Waals surface area contributed by atoms with Gasteiger partial charge in [-0.1, -0.05) is 39.8 Å². The van der Waals surface area contributed by atoms with E-state index in [0.717, 1.165) is 44.9 Å². The minimum atomic E-state index is -2.27. The van der Waals surface area contributed by atoms with E-state index in [0.29, 0.717) is 30.5 Å². The number of hydrogen-bond acceptors (Lipinski definition) is 19. The van der Waals surface area contributed by atoms with Crippen molar-refractivity contribution in [2.45, 2.75) is 149 Å². The fourth-order valence-corrected chi connectivity index (χ4v) is 7.28. The summed E-state index contributed by atoms with van der Waals surface area (Å²) in [7, 11) is 0. The topological polar surface area (TPSA) is 379 Å². The second kappa shape index (κ2) is 36.7. The van der Waals surface area contributed by atoms with Gasteiger partial charge in [-0.25, -0.2) is 19.9 Å². The van der Waals surface area contributed by atoms with Crippen LogP contribution < -0.4 is 147 Å². The predicted molar refractivity (Wildman–Crippen MR) is 262 cm³/mol. The van der Waals surface area contributed by atoms with Gasteiger partial charge in [0.2, 0.25) is 16.5 Å². The van der Waals surface area contributed by atoms with Gasteiger partial charge in [-0.15, -0.1) is 12.4 Å². The van der Waals surface area contributed by atoms with Crippen molar-refractivity contribution in [3.63, 3.8) is 0 Å². The zero-order chi connectivity index (χ0) is 52.4. The molecule has 70 heavy (non-hydrogen) atoms. The molecular formula is C42H69Cl4K2N13O9. The fraction of sp³-hybridized carbons (Fsp3) is 0.619. The molecule has 0 radical (unpaired) electrons. The van der Waals surface area contributed by atoms with Crippen LogP contribution in [0.1, 0.15) is 143 Å². The van der Waals surface area contributed by atoms with Crippen LogP contribution in [0.2, 0.25) is 15.7 Å². The summed E-state index contributed by atoms with van der Waals surface area (Å²) in [5.41, 5.74) is 20.3. The van der Waals surface area contributed by atoms with Gasteiger partial charge in [0.25, 0.3) is 24.2 Å². The standard InChI is InChI=1S/C16H27N5O2.C12H17ClN4O2.C7H15NO.C5H3Cl2N3O.CH2O3.CH4.ClH.2K.H/c1-9-5-6-10(7-12(9)22)19-14-11(13(17)23)8-18-15(20-14)21-16(2,3)4;1-6-2-3-7(4-9(6)18)16-11-8(10(14)19)5-15-12(13)17-11;1-5-2-3-6(8)4-7(5)9;6-3-2(4(8)11)1-9-5(7)10-3;2-1-4-3;;;;;/h8-10,12,22H,5-7H2,1-4H3,(H2,17,23)(H2,18,19,20,21);5-7,9,18H,2-4H2,1H3,(H2,14,19)(H,15,16,17);5-7,9H,2-4,8H2,1H3;1H,(H2,8,11);1,3H;1H4;1H;;;/q;;;;;;;2*+1;-1/p-1/i2D3;;;;;;;;;. The normalized spacial score (nSPS) is 24.0. The summed E-state index contributed by atoms with van der Waals surface area (Å²) >= 11 is 16.6. The van der Waals surface area contributed by atoms with E-state index in [1.807, 2.05) is 13.8 Å². The van der Waals surface area contributed by atoms with Crippen LogP contribution in [0.5, 0.6) is 0 Å². The minimum absolute atomic E-state index is 0. The number of aliphatic hydroxyl groups is 3. The smallest absolute Gasteiger partial charge is 1.00 e. The van der Waals surface area contributed by atoms with E-state index < -0.39 is 36.2 Å². The van der Waals surface area contributed by atoms with E-state index in [1.165, 1.54) is 32.4 Å². The number of halogens is 4. The Morgan fingerprint density at radius 1 is 0.743 bits per heavy atom. The third-order valence-corrected chi connectivity index (χ3v) is 11.4. The molecule has 22 nitrogen and oxygen atoms in total. The maximum Gasteiger partial charge on any atom is 1.00 e. The van der Waals surface area contributed by atoms with Gasteiger partial charge >= 0.3 is 103 Å². The number of nitrogens with two attached hydrogens (primary N) is 4. The summed E-state index contributed by atoms with van der Waals surface area (Å²) < 4.78 is 22.8. The van der Waals surface area contributed by atoms with Gasteiger partial charge in [0.05, 0.1) is 35.0 Å². The number of nitrogens with zero attached hydrogens (tertiary/aromatic N) is 6. The quantitative estimate of drug-likeness (QED) is 0.0275. The fourth-order valence-electron chi connectivity index (χ4n) is 6.74. The van der Waals surface area contributed by atoms with Gasteiger partial charge in [0.1, 0.15) is 16.8 Å². The molecule has 3 aliphatic rings. The second-order valence-electron chi connectivity index (χ2n) is 16.8. The first-order valence-electron chi connectivity index (χ1n) is 22.4. The molecule has 28 heteroatoms. The molecule has 9 atom stereocenters.